The van der Waals surface area contributed by atoms with E-state index in [1.807, 2.05) is 10.6 Å². The summed E-state index contributed by atoms with van der Waals surface area (Å²) in [6.45, 7) is 2.70. The quantitative estimate of drug-likeness (QED) is 0.0150. The molecule has 1 heterocycles. The van der Waals surface area contributed by atoms with Gasteiger partial charge in [-0.25, -0.2) is 4.79 Å². The number of primary amides is 1. The van der Waals surface area contributed by atoms with E-state index in [4.69, 9.17) is 39.3 Å². The van der Waals surface area contributed by atoms with Crippen LogP contribution in [0.1, 0.15) is 130 Å². The Bertz CT molecular complexity index is 2190. The van der Waals surface area contributed by atoms with Gasteiger partial charge in [-0.3, -0.25) is 52.7 Å². The van der Waals surface area contributed by atoms with Crippen LogP contribution in [0, 0.1) is 0 Å². The average molecular weight is 1210 g/mol. The number of aliphatic hydroxyl groups excluding tert-OH is 4. The minimum Gasteiger partial charge on any atom is -0.481 e. The molecule has 1 aliphatic rings. The monoisotopic (exact) mass is 1210 g/mol. The van der Waals surface area contributed by atoms with Crippen molar-refractivity contribution < 1.29 is 87.8 Å². The Morgan fingerprint density at radius 2 is 1.14 bits per heavy atom. The van der Waals surface area contributed by atoms with Gasteiger partial charge in [0, 0.05) is 0 Å². The standard InChI is InChI=1S/C51H88ClN13O18/c1-4-6-7-8-9-10-11-12-13-16-28(67)23-36(69)57-34-26-83-51(82)39(35(68)25-52)64-50(81)40(41(72)42(56)73)65-43(74)29(5-2)58-49(80)38(27(3)66)63-46(77)32(19-22-55)60-44(75)30(17-14-15-20-53)59-47(78)33(24-37(70)71)62-45(76)31(18-21-54)61-48(34)79/h5,27-28,30-35,38-41,66-68,72H,4,6-26,53-55H2,1-3H3,(H2,56,73)(H,57,69)(H,58,80)(H,59,78)(H,60,75)(H,61,79)(H,62,76)(H,63,77)(H,64,81)(H,65,74)(H,70,71)/b29-5+/t27-,28-,30-,31+,32-,33-,34-,35+,38-,39-,40-,41?/m0/s1. The zero-order chi connectivity index (χ0) is 62.8. The summed E-state index contributed by atoms with van der Waals surface area (Å²) in [7, 11) is 0. The van der Waals surface area contributed by atoms with Gasteiger partial charge < -0.3 is 101 Å². The highest BCUT2D eigenvalue weighted by molar-refractivity contribution is 6.18. The molecule has 83 heavy (non-hydrogen) atoms. The molecule has 1 saturated heterocycles. The SMILES string of the molecule is C/C=C1/NC(=O)[C@H]([C@H](C)O)NC(=O)[C@H](CCN)NC(=O)[C@H](CCCCN)NC(=O)[C@H](CC(=O)O)NC(=O)[C@@H](CCN)NC(=O)[C@@H](NC(=O)C[C@@H](O)CCCCCCCCCCC)COC(=O)[C@H]([C@H](O)CCl)NC(=O)[C@H](C(O)C(N)=O)NC1=O. The van der Waals surface area contributed by atoms with E-state index in [9.17, 15) is 83.1 Å². The molecule has 0 aromatic carbocycles. The molecule has 1 unspecified atom stereocenters. The Kier molecular flexibility index (Phi) is 36.4. The van der Waals surface area contributed by atoms with Crippen LogP contribution in [0.25, 0.3) is 0 Å². The molecule has 10 amide bonds. The number of carbonyl (C=O) groups is 12. The van der Waals surface area contributed by atoms with E-state index in [1.165, 1.54) is 6.92 Å². The third-order valence-electron chi connectivity index (χ3n) is 13.0. The molecule has 0 saturated carbocycles. The first-order valence-electron chi connectivity index (χ1n) is 27.8. The van der Waals surface area contributed by atoms with E-state index in [0.717, 1.165) is 64.4 Å². The lowest BCUT2D eigenvalue weighted by molar-refractivity contribution is -0.154. The Hall–Kier alpha value is -6.61. The number of esters is 1. The van der Waals surface area contributed by atoms with Crippen molar-refractivity contribution in [2.24, 2.45) is 22.9 Å². The lowest BCUT2D eigenvalue weighted by Gasteiger charge is -2.29. The fourth-order valence-corrected chi connectivity index (χ4v) is 8.43. The van der Waals surface area contributed by atoms with Crippen molar-refractivity contribution in [2.45, 2.75) is 203 Å². The molecule has 1 rings (SSSR count). The first-order valence-corrected chi connectivity index (χ1v) is 28.3. The molecular formula is C51H88ClN13O18. The highest BCUT2D eigenvalue weighted by atomic mass is 35.5. The summed E-state index contributed by atoms with van der Waals surface area (Å²) >= 11 is 5.87. The fraction of sp³-hybridized carbons (Fsp3) is 0.725. The number of rotatable bonds is 28. The number of alkyl halides is 1. The summed E-state index contributed by atoms with van der Waals surface area (Å²) in [5, 5.41) is 72.8. The van der Waals surface area contributed by atoms with Crippen molar-refractivity contribution in [3.8, 4) is 0 Å². The number of unbranched alkanes of at least 4 members (excludes halogenated alkanes) is 9. The maximum absolute atomic E-state index is 14.2. The summed E-state index contributed by atoms with van der Waals surface area (Å²) < 4.78 is 5.30. The van der Waals surface area contributed by atoms with Crippen LogP contribution in [-0.2, 0) is 62.3 Å². The van der Waals surface area contributed by atoms with Crippen LogP contribution in [0.3, 0.4) is 0 Å². The molecule has 0 aromatic rings. The number of aliphatic hydroxyl groups is 4. The van der Waals surface area contributed by atoms with E-state index >= 15 is 0 Å². The van der Waals surface area contributed by atoms with Crippen LogP contribution >= 0.6 is 11.6 Å². The summed E-state index contributed by atoms with van der Waals surface area (Å²) in [5.74, 6) is -17.0. The largest absolute Gasteiger partial charge is 0.481 e. The van der Waals surface area contributed by atoms with Gasteiger partial charge in [-0.1, -0.05) is 70.8 Å². The molecule has 0 radical (unpaired) electrons. The maximum Gasteiger partial charge on any atom is 0.331 e. The van der Waals surface area contributed by atoms with E-state index in [2.05, 4.69) is 44.1 Å². The number of allylic oxidation sites excluding steroid dienone is 1. The van der Waals surface area contributed by atoms with Crippen molar-refractivity contribution >= 4 is 82.6 Å². The van der Waals surface area contributed by atoms with Crippen LogP contribution in [0.15, 0.2) is 11.8 Å². The summed E-state index contributed by atoms with van der Waals surface area (Å²) in [5.41, 5.74) is 21.8. The highest BCUT2D eigenvalue weighted by Crippen LogP contribution is 2.14. The molecule has 1 aliphatic heterocycles. The van der Waals surface area contributed by atoms with Crippen molar-refractivity contribution in [3.63, 3.8) is 0 Å². The van der Waals surface area contributed by atoms with Crippen LogP contribution in [0.5, 0.6) is 0 Å². The molecule has 1 fully saturated rings. The number of carboxylic acid groups (broad SMARTS) is 1. The van der Waals surface area contributed by atoms with Crippen LogP contribution in [0.4, 0.5) is 0 Å². The molecule has 22 N–H and O–H groups in total. The lowest BCUT2D eigenvalue weighted by atomic mass is 10.0. The van der Waals surface area contributed by atoms with Gasteiger partial charge in [0.15, 0.2) is 12.1 Å². The van der Waals surface area contributed by atoms with Crippen LogP contribution in [0.2, 0.25) is 0 Å². The van der Waals surface area contributed by atoms with Gasteiger partial charge in [-0.2, -0.15) is 0 Å². The summed E-state index contributed by atoms with van der Waals surface area (Å²) in [6.07, 6.45) is 0.0570. The van der Waals surface area contributed by atoms with Gasteiger partial charge in [-0.05, 0) is 72.0 Å². The van der Waals surface area contributed by atoms with Gasteiger partial charge in [0.1, 0.15) is 54.6 Å². The molecule has 0 aliphatic carbocycles. The Morgan fingerprint density at radius 3 is 1.65 bits per heavy atom. The average Bonchev–Trinajstić information content (AvgIpc) is 3.52. The van der Waals surface area contributed by atoms with E-state index in [1.54, 1.807) is 0 Å². The van der Waals surface area contributed by atoms with Crippen molar-refractivity contribution in [2.75, 3.05) is 32.1 Å². The first-order chi connectivity index (χ1) is 39.3. The first kappa shape index (κ1) is 74.4. The van der Waals surface area contributed by atoms with E-state index < -0.39 is 181 Å². The number of aliphatic carboxylic acids is 1. The second-order valence-electron chi connectivity index (χ2n) is 19.9. The number of carboxylic acids is 1. The maximum atomic E-state index is 14.2. The smallest absolute Gasteiger partial charge is 0.331 e. The third-order valence-corrected chi connectivity index (χ3v) is 13.3. The van der Waals surface area contributed by atoms with E-state index in [-0.39, 0.29) is 45.3 Å². The normalized spacial score (nSPS) is 24.5. The number of ether oxygens (including phenoxy) is 1. The predicted octanol–water partition coefficient (Wildman–Crippen LogP) is -5.76. The zero-order valence-electron chi connectivity index (χ0n) is 47.3. The topological polar surface area (TPSA) is 528 Å². The van der Waals surface area contributed by atoms with Gasteiger partial charge >= 0.3 is 11.9 Å². The lowest BCUT2D eigenvalue weighted by Crippen LogP contribution is -2.62. The molecule has 0 bridgehead atoms. The van der Waals surface area contributed by atoms with Crippen molar-refractivity contribution in [1.29, 1.82) is 0 Å². The minimum absolute atomic E-state index is 0.128. The minimum atomic E-state index is -2.61. The molecule has 0 aromatic heterocycles. The van der Waals surface area contributed by atoms with Crippen LogP contribution in [-0.4, -0.2) is 201 Å². The number of halogens is 1. The zero-order valence-corrected chi connectivity index (χ0v) is 48.0. The second-order valence-corrected chi connectivity index (χ2v) is 20.2. The Morgan fingerprint density at radius 1 is 0.639 bits per heavy atom. The Labute approximate surface area is 486 Å². The number of hydrogen-bond acceptors (Lipinski definition) is 20. The van der Waals surface area contributed by atoms with Crippen molar-refractivity contribution in [1.82, 2.24) is 47.9 Å². The predicted molar refractivity (Wildman–Crippen MR) is 297 cm³/mol. The van der Waals surface area contributed by atoms with Gasteiger partial charge in [0.25, 0.3) is 5.91 Å². The fourth-order valence-electron chi connectivity index (χ4n) is 8.25. The molecule has 472 valence electrons. The molecule has 0 spiro atoms. The summed E-state index contributed by atoms with van der Waals surface area (Å²) in [6, 6.07) is -15.6. The Balaban J connectivity index is 4.01. The summed E-state index contributed by atoms with van der Waals surface area (Å²) in [4.78, 5) is 163. The number of nitrogens with two attached hydrogens (primary N) is 4. The third kappa shape index (κ3) is 28.0. The number of carbonyl (C=O) groups excluding carboxylic acids is 11. The van der Waals surface area contributed by atoms with Gasteiger partial charge in [0.05, 0.1) is 37.0 Å². The van der Waals surface area contributed by atoms with Crippen LogP contribution < -0.4 is 70.8 Å². The molecule has 12 atom stereocenters. The molecule has 32 heteroatoms. The molecule has 31 nitrogen and oxygen atoms in total. The van der Waals surface area contributed by atoms with E-state index in [0.29, 0.717) is 12.8 Å². The van der Waals surface area contributed by atoms with Crippen molar-refractivity contribution in [3.05, 3.63) is 11.8 Å². The number of cyclic esters (lactones) is 1. The number of amides is 10. The highest BCUT2D eigenvalue weighted by Gasteiger charge is 2.40. The number of hydrogen-bond donors (Lipinski definition) is 18. The molecular weight excluding hydrogens is 1120 g/mol. The van der Waals surface area contributed by atoms with Gasteiger partial charge in [-0.15, -0.1) is 11.6 Å². The van der Waals surface area contributed by atoms with Gasteiger partial charge in [0.2, 0.25) is 53.2 Å². The number of nitrogens with one attached hydrogen (secondary N) is 9. The second kappa shape index (κ2) is 40.6.